The number of urea groups is 1. The Morgan fingerprint density at radius 3 is 1.38 bits per heavy atom. The smallest absolute Gasteiger partial charge is 0.333 e. The number of ether oxygens (including phenoxy) is 4. The number of aryl methyl sites for hydroxylation is 4. The standard InChI is InChI=1S/C21H26N4O4S.C12H15N.C8H13N3O3S.2C8H12N2O/c1-2-13-11-25-20(29-12-13)18(10-22-25)30(27,28)24-21(26)23-19-16-7-3-5-14(16)9-15-6-4-8-17(15)19;13-12-10-5-1-3-8(10)7-9-4-2-6-11(9)12;1-2-6-4-11-8(14-5-6)7(3-10-11)15(9,12)13;2*1-2-7-5-10-8(11-6-7)3-4-9-10/h9-10,13H,2-8,11-12H2,1H3,(H2,23,24,26);7H,1-6,13H2;3,6H,2,4-5H2,1H3,(H2,9,12,13);2*3-4,7H,2,5-6H2,1H3. The molecule has 0 radical (unpaired) electrons. The fourth-order valence-electron chi connectivity index (χ4n) is 11.9. The van der Waals surface area contributed by atoms with E-state index < -0.39 is 26.1 Å². The van der Waals surface area contributed by atoms with Crippen molar-refractivity contribution >= 4 is 37.5 Å². The summed E-state index contributed by atoms with van der Waals surface area (Å²) in [7, 11) is -7.83. The van der Waals surface area contributed by atoms with Crippen LogP contribution in [0.3, 0.4) is 0 Å². The molecule has 0 bridgehead atoms. The van der Waals surface area contributed by atoms with E-state index in [1.165, 1.54) is 97.1 Å². The first-order valence-corrected chi connectivity index (χ1v) is 31.8. The van der Waals surface area contributed by atoms with E-state index in [4.69, 9.17) is 29.8 Å². The van der Waals surface area contributed by atoms with Crippen molar-refractivity contribution in [1.82, 2.24) is 43.8 Å². The lowest BCUT2D eigenvalue weighted by molar-refractivity contribution is 0.157. The molecule has 0 saturated carbocycles. The molecule has 4 aliphatic carbocycles. The number of benzene rings is 2. The largest absolute Gasteiger partial charge is 0.477 e. The zero-order valence-corrected chi connectivity index (χ0v) is 48.3. The van der Waals surface area contributed by atoms with E-state index in [1.54, 1.807) is 21.8 Å². The number of anilines is 2. The number of aromatic nitrogens is 8. The van der Waals surface area contributed by atoms with E-state index in [0.29, 0.717) is 50.0 Å². The maximum Gasteiger partial charge on any atom is 0.333 e. The minimum Gasteiger partial charge on any atom is -0.477 e. The molecule has 2 aromatic carbocycles. The molecule has 80 heavy (non-hydrogen) atoms. The second-order valence-electron chi connectivity index (χ2n) is 22.1. The van der Waals surface area contributed by atoms with Crippen LogP contribution in [0.15, 0.2) is 58.8 Å². The molecule has 432 valence electrons. The number of nitrogen functional groups attached to an aromatic ring is 1. The zero-order chi connectivity index (χ0) is 56.1. The van der Waals surface area contributed by atoms with Crippen LogP contribution in [0.25, 0.3) is 0 Å². The summed E-state index contributed by atoms with van der Waals surface area (Å²) in [5.74, 6) is 4.25. The minimum atomic E-state index is -4.10. The van der Waals surface area contributed by atoms with E-state index in [1.807, 2.05) is 21.5 Å². The van der Waals surface area contributed by atoms with Gasteiger partial charge in [-0.15, -0.1) is 0 Å². The molecule has 8 aliphatic rings. The van der Waals surface area contributed by atoms with Gasteiger partial charge >= 0.3 is 6.03 Å². The molecule has 23 heteroatoms. The highest BCUT2D eigenvalue weighted by Crippen LogP contribution is 2.40. The molecule has 0 spiro atoms. The summed E-state index contributed by atoms with van der Waals surface area (Å²) in [5.41, 5.74) is 19.0. The molecule has 2 amide bonds. The summed E-state index contributed by atoms with van der Waals surface area (Å²) in [6.45, 7) is 14.5. The third-order valence-corrected chi connectivity index (χ3v) is 19.0. The Labute approximate surface area is 469 Å². The van der Waals surface area contributed by atoms with E-state index in [0.717, 1.165) is 112 Å². The van der Waals surface area contributed by atoms with Crippen molar-refractivity contribution in [2.45, 2.75) is 166 Å². The van der Waals surface area contributed by atoms with Gasteiger partial charge in [-0.2, -0.15) is 20.4 Å². The first kappa shape index (κ1) is 56.7. The number of fused-ring (bicyclic) bond motifs is 8. The molecule has 6 aromatic rings. The normalized spacial score (nSPS) is 20.5. The highest BCUT2D eigenvalue weighted by Gasteiger charge is 2.33. The molecule has 0 saturated heterocycles. The van der Waals surface area contributed by atoms with Gasteiger partial charge in [-0.25, -0.2) is 50.2 Å². The fraction of sp³-hybridized carbons (Fsp3) is 0.561. The van der Waals surface area contributed by atoms with Gasteiger partial charge in [0.05, 0.1) is 77.4 Å². The van der Waals surface area contributed by atoms with Crippen LogP contribution in [0.4, 0.5) is 16.2 Å². The lowest BCUT2D eigenvalue weighted by Gasteiger charge is -2.23. The number of carbonyl (C=O) groups is 1. The molecule has 21 nitrogen and oxygen atoms in total. The number of nitrogens with one attached hydrogen (secondary N) is 2. The fourth-order valence-corrected chi connectivity index (χ4v) is 13.5. The molecular formula is C57H78N12O9S2. The van der Waals surface area contributed by atoms with Gasteiger partial charge in [0, 0.05) is 47.2 Å². The third kappa shape index (κ3) is 12.5. The SMILES string of the molecule is CCC1COc2c(S(=O)(=O)NC(=O)Nc3c4c(cc5c3CCC5)CCC4)cnn2C1.CCC1COc2c(S(N)(=O)=O)cnn2C1.CCC1COc2ccnn2C1.CCC1COc2ccnn2C1.Nc1c2c(cc3c1CCC3)CCC2. The molecule has 4 aromatic heterocycles. The van der Waals surface area contributed by atoms with Crippen LogP contribution in [-0.2, 0) is 97.6 Å². The van der Waals surface area contributed by atoms with Crippen molar-refractivity contribution < 1.29 is 40.6 Å². The highest BCUT2D eigenvalue weighted by atomic mass is 32.2. The zero-order valence-electron chi connectivity index (χ0n) is 46.6. The van der Waals surface area contributed by atoms with E-state index >= 15 is 0 Å². The van der Waals surface area contributed by atoms with Gasteiger partial charge in [0.1, 0.15) is 0 Å². The van der Waals surface area contributed by atoms with Crippen molar-refractivity contribution in [2.75, 3.05) is 37.5 Å². The monoisotopic (exact) mass is 1140 g/mol. The van der Waals surface area contributed by atoms with Gasteiger partial charge in [-0.1, -0.05) is 39.8 Å². The number of sulfonamides is 2. The van der Waals surface area contributed by atoms with E-state index in [2.05, 4.69) is 70.3 Å². The number of nitrogens with zero attached hydrogens (tertiary/aromatic N) is 8. The number of amides is 2. The molecule has 4 aliphatic heterocycles. The summed E-state index contributed by atoms with van der Waals surface area (Å²) >= 11 is 0. The first-order valence-electron chi connectivity index (χ1n) is 28.8. The molecule has 8 heterocycles. The lowest BCUT2D eigenvalue weighted by atomic mass is 9.99. The molecular weight excluding hydrogens is 1060 g/mol. The Morgan fingerprint density at radius 2 is 0.938 bits per heavy atom. The van der Waals surface area contributed by atoms with Crippen LogP contribution >= 0.6 is 0 Å². The minimum absolute atomic E-state index is 0.0305. The number of primary sulfonamides is 1. The van der Waals surface area contributed by atoms with Crippen LogP contribution in [0, 0.1) is 23.7 Å². The van der Waals surface area contributed by atoms with Crippen molar-refractivity contribution in [3.63, 3.8) is 0 Å². The summed E-state index contributed by atoms with van der Waals surface area (Å²) in [4.78, 5) is 12.6. The summed E-state index contributed by atoms with van der Waals surface area (Å²) in [5, 5.41) is 24.3. The number of hydrogen-bond donors (Lipinski definition) is 4. The quantitative estimate of drug-likeness (QED) is 0.107. The van der Waals surface area contributed by atoms with Gasteiger partial charge < -0.3 is 30.0 Å². The van der Waals surface area contributed by atoms with Gasteiger partial charge in [0.2, 0.25) is 33.5 Å². The van der Waals surface area contributed by atoms with Gasteiger partial charge in [-0.05, 0) is 147 Å². The Bertz CT molecular complexity index is 3290. The van der Waals surface area contributed by atoms with Gasteiger partial charge in [-0.3, -0.25) is 0 Å². The maximum atomic E-state index is 12.9. The summed E-state index contributed by atoms with van der Waals surface area (Å²) in [6.07, 6.45) is 23.8. The second kappa shape index (κ2) is 24.6. The topological polar surface area (TPSA) is 270 Å². The molecule has 14 rings (SSSR count). The number of carbonyl (C=O) groups excluding carboxylic acids is 1. The number of nitrogens with two attached hydrogens (primary N) is 2. The maximum absolute atomic E-state index is 12.9. The van der Waals surface area contributed by atoms with E-state index in [9.17, 15) is 21.6 Å². The van der Waals surface area contributed by atoms with Gasteiger partial charge in [0.15, 0.2) is 9.79 Å². The second-order valence-corrected chi connectivity index (χ2v) is 25.3. The van der Waals surface area contributed by atoms with Crippen molar-refractivity contribution in [3.05, 3.63) is 93.6 Å². The predicted molar refractivity (Wildman–Crippen MR) is 302 cm³/mol. The highest BCUT2D eigenvalue weighted by molar-refractivity contribution is 7.90. The van der Waals surface area contributed by atoms with Gasteiger partial charge in [0.25, 0.3) is 10.0 Å². The Kier molecular flexibility index (Phi) is 17.5. The Hall–Kier alpha value is -6.59. The van der Waals surface area contributed by atoms with Crippen LogP contribution in [0.1, 0.15) is 124 Å². The average Bonchev–Trinajstić information content (AvgIpc) is 4.38. The van der Waals surface area contributed by atoms with E-state index in [-0.39, 0.29) is 21.6 Å². The van der Waals surface area contributed by atoms with Crippen LogP contribution < -0.4 is 39.9 Å². The Balaban J connectivity index is 0.000000121. The predicted octanol–water partition coefficient (Wildman–Crippen LogP) is 7.59. The van der Waals surface area contributed by atoms with Crippen molar-refractivity contribution in [2.24, 2.45) is 28.8 Å². The van der Waals surface area contributed by atoms with Crippen LogP contribution in [0.2, 0.25) is 0 Å². The molecule has 6 N–H and O–H groups in total. The average molecular weight is 1140 g/mol. The lowest BCUT2D eigenvalue weighted by Crippen LogP contribution is -2.35. The van der Waals surface area contributed by atoms with Crippen LogP contribution in [-0.4, -0.2) is 88.4 Å². The Morgan fingerprint density at radius 1 is 0.550 bits per heavy atom. The van der Waals surface area contributed by atoms with Crippen molar-refractivity contribution in [3.8, 4) is 23.5 Å². The van der Waals surface area contributed by atoms with Crippen molar-refractivity contribution in [1.29, 1.82) is 0 Å². The molecule has 0 fully saturated rings. The van der Waals surface area contributed by atoms with Crippen LogP contribution in [0.5, 0.6) is 23.5 Å². The number of rotatable bonds is 8. The summed E-state index contributed by atoms with van der Waals surface area (Å²) in [6, 6.07) is 7.76. The molecule has 4 atom stereocenters. The third-order valence-electron chi connectivity index (χ3n) is 16.8. The number of hydrogen-bond acceptors (Lipinski definition) is 14. The first-order chi connectivity index (χ1) is 38.6. The summed E-state index contributed by atoms with van der Waals surface area (Å²) < 4.78 is 79.2. The molecule has 4 unspecified atom stereocenters.